The van der Waals surface area contributed by atoms with E-state index in [4.69, 9.17) is 4.74 Å². The lowest BCUT2D eigenvalue weighted by Gasteiger charge is -2.34. The van der Waals surface area contributed by atoms with Crippen LogP contribution in [0.5, 0.6) is 11.5 Å². The zero-order valence-electron chi connectivity index (χ0n) is 21.6. The van der Waals surface area contributed by atoms with Crippen molar-refractivity contribution in [1.82, 2.24) is 0 Å². The summed E-state index contributed by atoms with van der Waals surface area (Å²) < 4.78 is 22.5. The first-order valence-corrected chi connectivity index (χ1v) is 14.9. The molecule has 0 bridgehead atoms. The highest BCUT2D eigenvalue weighted by Gasteiger charge is 2.44. The van der Waals surface area contributed by atoms with Crippen LogP contribution in [0.3, 0.4) is 0 Å². The number of para-hydroxylation sites is 1. The van der Waals surface area contributed by atoms with Crippen LogP contribution in [0.15, 0.2) is 151 Å². The van der Waals surface area contributed by atoms with Crippen LogP contribution in [0.2, 0.25) is 0 Å². The molecule has 2 aliphatic rings. The van der Waals surface area contributed by atoms with Crippen LogP contribution in [0.1, 0.15) is 11.1 Å². The van der Waals surface area contributed by atoms with Crippen molar-refractivity contribution in [3.63, 3.8) is 0 Å². The Labute approximate surface area is 233 Å². The van der Waals surface area contributed by atoms with Gasteiger partial charge in [-0.15, -0.1) is 0 Å². The molecule has 40 heavy (non-hydrogen) atoms. The third kappa shape index (κ3) is 3.71. The van der Waals surface area contributed by atoms with Crippen molar-refractivity contribution in [2.24, 2.45) is 0 Å². The normalized spacial score (nSPS) is 20.2. The second-order valence-corrected chi connectivity index (χ2v) is 12.5. The summed E-state index contributed by atoms with van der Waals surface area (Å²) in [6.45, 7) is 0. The predicted octanol–water partition coefficient (Wildman–Crippen LogP) is 8.84. The lowest BCUT2D eigenvalue weighted by molar-refractivity contribution is 0.470. The van der Waals surface area contributed by atoms with Gasteiger partial charge in [0.15, 0.2) is 7.14 Å². The molecule has 3 nitrogen and oxygen atoms in total. The second-order valence-electron chi connectivity index (χ2n) is 9.79. The zero-order valence-corrected chi connectivity index (χ0v) is 22.5. The quantitative estimate of drug-likeness (QED) is 0.185. The third-order valence-electron chi connectivity index (χ3n) is 7.55. The van der Waals surface area contributed by atoms with E-state index in [-0.39, 0.29) is 0 Å². The summed E-state index contributed by atoms with van der Waals surface area (Å²) >= 11 is 0. The summed E-state index contributed by atoms with van der Waals surface area (Å²) in [5, 5.41) is 12.1. The highest BCUT2D eigenvalue weighted by molar-refractivity contribution is 7.83. The summed E-state index contributed by atoms with van der Waals surface area (Å²) in [6.07, 6.45) is 6.66. The molecule has 0 amide bonds. The summed E-state index contributed by atoms with van der Waals surface area (Å²) in [6, 6.07) is 40.0. The fourth-order valence-corrected chi connectivity index (χ4v) is 8.71. The van der Waals surface area contributed by atoms with E-state index < -0.39 is 7.14 Å². The molecule has 1 N–H and O–H groups in total. The number of hydrogen-bond acceptors (Lipinski definition) is 3. The molecule has 1 unspecified atom stereocenters. The molecule has 0 aliphatic carbocycles. The highest BCUT2D eigenvalue weighted by Crippen LogP contribution is 2.62. The number of aliphatic hydroxyl groups is 1. The summed E-state index contributed by atoms with van der Waals surface area (Å²) in [5.74, 6) is 1.09. The molecule has 0 radical (unpaired) electrons. The van der Waals surface area contributed by atoms with E-state index in [0.29, 0.717) is 27.4 Å². The van der Waals surface area contributed by atoms with Gasteiger partial charge in [0.25, 0.3) is 0 Å². The first-order valence-electron chi connectivity index (χ1n) is 13.2. The number of fused-ring (bicyclic) bond motifs is 2. The molecular formula is C36H25O3P. The lowest BCUT2D eigenvalue weighted by atomic mass is 9.89. The molecule has 192 valence electrons. The smallest absolute Gasteiger partial charge is 0.182 e. The van der Waals surface area contributed by atoms with Crippen molar-refractivity contribution in [3.8, 4) is 33.8 Å². The zero-order chi connectivity index (χ0) is 27.1. The van der Waals surface area contributed by atoms with E-state index in [1.165, 1.54) is 0 Å². The molecule has 5 aromatic rings. The molecule has 0 fully saturated rings. The first kappa shape index (κ1) is 24.2. The van der Waals surface area contributed by atoms with E-state index in [1.54, 1.807) is 6.08 Å². The van der Waals surface area contributed by atoms with Crippen molar-refractivity contribution in [2.75, 3.05) is 0 Å². The average molecular weight is 537 g/mol. The van der Waals surface area contributed by atoms with Gasteiger partial charge in [-0.25, -0.2) is 0 Å². The molecule has 0 saturated heterocycles. The molecule has 0 spiro atoms. The Kier molecular flexibility index (Phi) is 5.88. The SMILES string of the molecule is O=P12C(=C\O)/C=C\C=C(\c3ccccc3)c3c(-c4ccccc4)ccc(c31)Oc1c(-c3ccccc3)cccc12. The molecule has 1 atom stereocenters. The summed E-state index contributed by atoms with van der Waals surface area (Å²) in [5.41, 5.74) is 6.58. The van der Waals surface area contributed by atoms with E-state index in [0.717, 1.165) is 45.2 Å². The molecule has 0 aromatic heterocycles. The molecular weight excluding hydrogens is 511 g/mol. The Hall–Kier alpha value is -4.85. The standard InChI is InChI=1S/C36H25O3P/c37-24-28-18-10-19-29(25-12-4-1-5-13-25)34-30(26-14-6-2-7-15-26)22-23-32-36(34)40(28,38)33-21-11-20-31(35(33)39-32)27-16-8-3-9-17-27/h1-24,37H/b18-10-,28-24-,29-19-. The van der Waals surface area contributed by atoms with E-state index in [1.807, 2.05) is 109 Å². The Balaban J connectivity index is 1.61. The topological polar surface area (TPSA) is 46.5 Å². The highest BCUT2D eigenvalue weighted by atomic mass is 31.2. The maximum absolute atomic E-state index is 15.8. The van der Waals surface area contributed by atoms with Crippen LogP contribution >= 0.6 is 7.14 Å². The van der Waals surface area contributed by atoms with Crippen molar-refractivity contribution in [1.29, 1.82) is 0 Å². The lowest BCUT2D eigenvalue weighted by Crippen LogP contribution is -2.29. The number of aliphatic hydroxyl groups excluding tert-OH is 1. The van der Waals surface area contributed by atoms with Gasteiger partial charge in [0.05, 0.1) is 22.2 Å². The van der Waals surface area contributed by atoms with Gasteiger partial charge in [-0.2, -0.15) is 0 Å². The second kappa shape index (κ2) is 9.72. The number of rotatable bonds is 3. The van der Waals surface area contributed by atoms with Crippen molar-refractivity contribution >= 4 is 23.3 Å². The Bertz CT molecular complexity index is 1890. The van der Waals surface area contributed by atoms with Crippen LogP contribution in [0.4, 0.5) is 0 Å². The number of benzene rings is 5. The number of allylic oxidation sites excluding steroid dienone is 4. The van der Waals surface area contributed by atoms with E-state index in [9.17, 15) is 5.11 Å². The van der Waals surface area contributed by atoms with Crippen LogP contribution < -0.4 is 15.3 Å². The molecule has 2 heterocycles. The van der Waals surface area contributed by atoms with Gasteiger partial charge in [0, 0.05) is 11.1 Å². The largest absolute Gasteiger partial charge is 0.515 e. The van der Waals surface area contributed by atoms with Crippen LogP contribution in [0.25, 0.3) is 27.8 Å². The van der Waals surface area contributed by atoms with Gasteiger partial charge in [0.1, 0.15) is 11.5 Å². The number of hydrogen-bond donors (Lipinski definition) is 1. The van der Waals surface area contributed by atoms with Gasteiger partial charge in [0.2, 0.25) is 0 Å². The maximum Gasteiger partial charge on any atom is 0.182 e. The Morgan fingerprint density at radius 2 is 1.27 bits per heavy atom. The van der Waals surface area contributed by atoms with Crippen molar-refractivity contribution in [3.05, 3.63) is 162 Å². The summed E-state index contributed by atoms with van der Waals surface area (Å²) in [4.78, 5) is 0. The third-order valence-corrected chi connectivity index (χ3v) is 10.6. The fraction of sp³-hybridized carbons (Fsp3) is 0. The van der Waals surface area contributed by atoms with Gasteiger partial charge in [-0.1, -0.05) is 115 Å². The molecule has 0 saturated carbocycles. The minimum Gasteiger partial charge on any atom is -0.515 e. The first-order chi connectivity index (χ1) is 19.7. The minimum atomic E-state index is -3.60. The Morgan fingerprint density at radius 3 is 1.93 bits per heavy atom. The van der Waals surface area contributed by atoms with E-state index in [2.05, 4.69) is 24.3 Å². The predicted molar refractivity (Wildman–Crippen MR) is 164 cm³/mol. The monoisotopic (exact) mass is 536 g/mol. The minimum absolute atomic E-state index is 0.360. The molecule has 7 rings (SSSR count). The van der Waals surface area contributed by atoms with Gasteiger partial charge >= 0.3 is 0 Å². The maximum atomic E-state index is 15.8. The van der Waals surface area contributed by atoms with Crippen LogP contribution in [-0.2, 0) is 4.57 Å². The molecule has 4 heteroatoms. The van der Waals surface area contributed by atoms with Crippen LogP contribution in [-0.4, -0.2) is 5.11 Å². The van der Waals surface area contributed by atoms with Crippen LogP contribution in [0, 0.1) is 0 Å². The van der Waals surface area contributed by atoms with Gasteiger partial charge < -0.3 is 14.4 Å². The van der Waals surface area contributed by atoms with E-state index >= 15 is 4.57 Å². The Morgan fingerprint density at radius 1 is 0.650 bits per heavy atom. The van der Waals surface area contributed by atoms with Crippen molar-refractivity contribution < 1.29 is 14.4 Å². The molecule has 5 aromatic carbocycles. The van der Waals surface area contributed by atoms with Crippen molar-refractivity contribution in [2.45, 2.75) is 0 Å². The van der Waals surface area contributed by atoms with Gasteiger partial charge in [-0.3, -0.25) is 0 Å². The fourth-order valence-electron chi connectivity index (χ4n) is 5.74. The average Bonchev–Trinajstić information content (AvgIpc) is 3.01. The van der Waals surface area contributed by atoms with Gasteiger partial charge in [-0.05, 0) is 52.1 Å². The number of ether oxygens (including phenoxy) is 1. The molecule has 2 aliphatic heterocycles. The summed E-state index contributed by atoms with van der Waals surface area (Å²) in [7, 11) is -3.60.